The molecule has 1 amide bonds. The molecular weight excluding hydrogens is 348 g/mol. The Labute approximate surface area is 157 Å². The summed E-state index contributed by atoms with van der Waals surface area (Å²) < 4.78 is 5.21. The Morgan fingerprint density at radius 1 is 1.31 bits per heavy atom. The van der Waals surface area contributed by atoms with Gasteiger partial charge in [0.1, 0.15) is 5.00 Å². The second-order valence-corrected chi connectivity index (χ2v) is 7.62. The maximum atomic E-state index is 12.6. The number of thiophene rings is 1. The van der Waals surface area contributed by atoms with Gasteiger partial charge in [-0.25, -0.2) is 4.79 Å². The molecule has 2 aromatic rings. The molecule has 0 atom stereocenters. The molecule has 26 heavy (non-hydrogen) atoms. The molecule has 1 N–H and O–H groups in total. The van der Waals surface area contributed by atoms with Crippen LogP contribution in [-0.4, -0.2) is 31.6 Å². The number of amides is 1. The zero-order chi connectivity index (χ0) is 18.1. The van der Waals surface area contributed by atoms with Crippen molar-refractivity contribution in [2.75, 3.05) is 29.9 Å². The lowest BCUT2D eigenvalue weighted by Gasteiger charge is -2.18. The number of fused-ring (bicyclic) bond motifs is 1. The Bertz CT molecular complexity index is 841. The molecule has 136 valence electrons. The topological polar surface area (TPSA) is 58.6 Å². The summed E-state index contributed by atoms with van der Waals surface area (Å²) in [4.78, 5) is 27.1. The smallest absolute Gasteiger partial charge is 0.341 e. The third-order valence-electron chi connectivity index (χ3n) is 4.89. The van der Waals surface area contributed by atoms with Gasteiger partial charge in [-0.1, -0.05) is 18.2 Å². The van der Waals surface area contributed by atoms with Crippen LogP contribution in [0, 0.1) is 0 Å². The molecule has 1 aliphatic carbocycles. The van der Waals surface area contributed by atoms with Gasteiger partial charge in [0.25, 0.3) is 0 Å². The van der Waals surface area contributed by atoms with Gasteiger partial charge >= 0.3 is 5.97 Å². The highest BCUT2D eigenvalue weighted by atomic mass is 32.1. The Morgan fingerprint density at radius 2 is 2.12 bits per heavy atom. The van der Waals surface area contributed by atoms with E-state index in [1.165, 1.54) is 16.9 Å². The highest BCUT2D eigenvalue weighted by Gasteiger charge is 2.32. The Morgan fingerprint density at radius 3 is 2.88 bits per heavy atom. The predicted octanol–water partition coefficient (Wildman–Crippen LogP) is 3.80. The molecule has 1 aliphatic heterocycles. The van der Waals surface area contributed by atoms with E-state index < -0.39 is 0 Å². The van der Waals surface area contributed by atoms with Crippen LogP contribution in [0.5, 0.6) is 0 Å². The first-order valence-corrected chi connectivity index (χ1v) is 9.96. The van der Waals surface area contributed by atoms with Crippen LogP contribution in [0.1, 0.15) is 47.2 Å². The van der Waals surface area contributed by atoms with Crippen LogP contribution in [0.2, 0.25) is 0 Å². The molecular formula is C20H22N2O3S. The number of benzene rings is 1. The van der Waals surface area contributed by atoms with Gasteiger partial charge in [-0.05, 0) is 54.7 Å². The van der Waals surface area contributed by atoms with E-state index in [4.69, 9.17) is 4.74 Å². The van der Waals surface area contributed by atoms with E-state index in [0.717, 1.165) is 37.1 Å². The number of carbonyl (C=O) groups is 2. The Balaban J connectivity index is 1.49. The maximum absolute atomic E-state index is 12.6. The molecule has 2 aliphatic rings. The number of nitrogens with zero attached hydrogens (tertiary/aromatic N) is 1. The van der Waals surface area contributed by atoms with E-state index in [-0.39, 0.29) is 18.4 Å². The predicted molar refractivity (Wildman–Crippen MR) is 103 cm³/mol. The highest BCUT2D eigenvalue weighted by Crippen LogP contribution is 2.46. The standard InChI is InChI=1S/C20H22N2O3S/c1-2-25-20(24)18-15(13-7-8-13)12-26-19(18)21-17(23)11-22-10-9-14-5-3-4-6-16(14)22/h3-6,12-13H,2,7-11H2,1H3,(H,21,23). The molecule has 0 spiro atoms. The third kappa shape index (κ3) is 3.33. The number of anilines is 2. The molecule has 0 radical (unpaired) electrons. The van der Waals surface area contributed by atoms with Crippen LogP contribution in [-0.2, 0) is 16.0 Å². The molecule has 1 aromatic carbocycles. The van der Waals surface area contributed by atoms with Gasteiger partial charge in [0.2, 0.25) is 5.91 Å². The van der Waals surface area contributed by atoms with Crippen molar-refractivity contribution in [2.45, 2.75) is 32.1 Å². The minimum Gasteiger partial charge on any atom is -0.462 e. The molecule has 0 unspecified atom stereocenters. The number of rotatable bonds is 6. The molecule has 6 heteroatoms. The Kier molecular flexibility index (Phi) is 4.68. The van der Waals surface area contributed by atoms with Crippen LogP contribution < -0.4 is 10.2 Å². The summed E-state index contributed by atoms with van der Waals surface area (Å²) in [6, 6.07) is 8.18. The van der Waals surface area contributed by atoms with Crippen molar-refractivity contribution in [3.8, 4) is 0 Å². The van der Waals surface area contributed by atoms with Gasteiger partial charge in [0, 0.05) is 12.2 Å². The number of ether oxygens (including phenoxy) is 1. The fourth-order valence-corrected chi connectivity index (χ4v) is 4.53. The second-order valence-electron chi connectivity index (χ2n) is 6.74. The molecule has 0 saturated heterocycles. The first-order chi connectivity index (χ1) is 12.7. The maximum Gasteiger partial charge on any atom is 0.341 e. The zero-order valence-electron chi connectivity index (χ0n) is 14.8. The molecule has 1 saturated carbocycles. The summed E-state index contributed by atoms with van der Waals surface area (Å²) in [7, 11) is 0. The van der Waals surface area contributed by atoms with Crippen LogP contribution >= 0.6 is 11.3 Å². The quantitative estimate of drug-likeness (QED) is 0.786. The number of nitrogens with one attached hydrogen (secondary N) is 1. The summed E-state index contributed by atoms with van der Waals surface area (Å²) in [6.07, 6.45) is 3.16. The monoisotopic (exact) mass is 370 g/mol. The van der Waals surface area contributed by atoms with Gasteiger partial charge in [0.15, 0.2) is 0 Å². The van der Waals surface area contributed by atoms with Crippen molar-refractivity contribution in [3.63, 3.8) is 0 Å². The minimum absolute atomic E-state index is 0.101. The van der Waals surface area contributed by atoms with Crippen molar-refractivity contribution in [1.29, 1.82) is 0 Å². The van der Waals surface area contributed by atoms with Crippen LogP contribution in [0.3, 0.4) is 0 Å². The molecule has 4 rings (SSSR count). The lowest BCUT2D eigenvalue weighted by molar-refractivity contribution is -0.114. The van der Waals surface area contributed by atoms with Gasteiger partial charge < -0.3 is 15.0 Å². The number of hydrogen-bond donors (Lipinski definition) is 1. The van der Waals surface area contributed by atoms with E-state index in [1.54, 1.807) is 6.92 Å². The average molecular weight is 370 g/mol. The van der Waals surface area contributed by atoms with Gasteiger partial charge in [-0.15, -0.1) is 11.3 Å². The molecule has 0 bridgehead atoms. The highest BCUT2D eigenvalue weighted by molar-refractivity contribution is 7.15. The van der Waals surface area contributed by atoms with Crippen LogP contribution in [0.4, 0.5) is 10.7 Å². The van der Waals surface area contributed by atoms with Crippen molar-refractivity contribution in [1.82, 2.24) is 0 Å². The fraction of sp³-hybridized carbons (Fsp3) is 0.400. The number of hydrogen-bond acceptors (Lipinski definition) is 5. The fourth-order valence-electron chi connectivity index (χ4n) is 3.48. The molecule has 1 aromatic heterocycles. The first-order valence-electron chi connectivity index (χ1n) is 9.08. The van der Waals surface area contributed by atoms with E-state index in [9.17, 15) is 9.59 Å². The van der Waals surface area contributed by atoms with E-state index in [1.807, 2.05) is 17.5 Å². The summed E-state index contributed by atoms with van der Waals surface area (Å²) in [5.41, 5.74) is 3.97. The lowest BCUT2D eigenvalue weighted by Crippen LogP contribution is -2.32. The van der Waals surface area contributed by atoms with Crippen LogP contribution in [0.25, 0.3) is 0 Å². The normalized spacial score (nSPS) is 15.7. The zero-order valence-corrected chi connectivity index (χ0v) is 15.6. The largest absolute Gasteiger partial charge is 0.462 e. The first kappa shape index (κ1) is 17.1. The van der Waals surface area contributed by atoms with E-state index in [0.29, 0.717) is 23.1 Å². The summed E-state index contributed by atoms with van der Waals surface area (Å²) >= 11 is 1.42. The lowest BCUT2D eigenvalue weighted by atomic mass is 10.1. The van der Waals surface area contributed by atoms with Gasteiger partial charge in [0.05, 0.1) is 18.7 Å². The van der Waals surface area contributed by atoms with Gasteiger partial charge in [-0.2, -0.15) is 0 Å². The summed E-state index contributed by atoms with van der Waals surface area (Å²) in [5, 5.41) is 5.55. The summed E-state index contributed by atoms with van der Waals surface area (Å²) in [5.74, 6) is -0.00400. The number of carbonyl (C=O) groups excluding carboxylic acids is 2. The van der Waals surface area contributed by atoms with Crippen molar-refractivity contribution < 1.29 is 14.3 Å². The van der Waals surface area contributed by atoms with Crippen LogP contribution in [0.15, 0.2) is 29.6 Å². The second kappa shape index (κ2) is 7.11. The number of esters is 1. The minimum atomic E-state index is -0.336. The third-order valence-corrected chi connectivity index (χ3v) is 5.80. The molecule has 1 fully saturated rings. The molecule has 5 nitrogen and oxygen atoms in total. The van der Waals surface area contributed by atoms with E-state index >= 15 is 0 Å². The van der Waals surface area contributed by atoms with Crippen molar-refractivity contribution in [3.05, 3.63) is 46.3 Å². The van der Waals surface area contributed by atoms with Crippen molar-refractivity contribution in [2.24, 2.45) is 0 Å². The van der Waals surface area contributed by atoms with Gasteiger partial charge in [-0.3, -0.25) is 4.79 Å². The summed E-state index contributed by atoms with van der Waals surface area (Å²) in [6.45, 7) is 3.26. The molecule has 2 heterocycles. The SMILES string of the molecule is CCOC(=O)c1c(C2CC2)csc1NC(=O)CN1CCc2ccccc21. The average Bonchev–Trinajstić information content (AvgIpc) is 3.28. The Hall–Kier alpha value is -2.34. The number of para-hydroxylation sites is 1. The van der Waals surface area contributed by atoms with Crippen molar-refractivity contribution >= 4 is 33.9 Å². The van der Waals surface area contributed by atoms with E-state index in [2.05, 4.69) is 22.3 Å².